The Morgan fingerprint density at radius 3 is 2.24 bits per heavy atom. The number of unbranched alkanes of at least 4 members (excludes halogenated alkanes) is 2. The predicted molar refractivity (Wildman–Crippen MR) is 83.2 cm³/mol. The van der Waals surface area contributed by atoms with E-state index in [0.717, 1.165) is 38.8 Å². The molecule has 0 spiro atoms. The van der Waals surface area contributed by atoms with Gasteiger partial charge in [0, 0.05) is 24.7 Å². The maximum atomic E-state index is 12.4. The van der Waals surface area contributed by atoms with Crippen molar-refractivity contribution < 1.29 is 9.72 Å². The minimum absolute atomic E-state index is 0.0220. The molecule has 5 nitrogen and oxygen atoms in total. The van der Waals surface area contributed by atoms with Gasteiger partial charge in [-0.15, -0.1) is 0 Å². The van der Waals surface area contributed by atoms with E-state index >= 15 is 0 Å². The van der Waals surface area contributed by atoms with Crippen molar-refractivity contribution in [3.63, 3.8) is 0 Å². The van der Waals surface area contributed by atoms with Crippen molar-refractivity contribution in [1.82, 2.24) is 4.90 Å². The molecule has 0 aliphatic carbocycles. The van der Waals surface area contributed by atoms with E-state index in [1.807, 2.05) is 4.90 Å². The molecule has 1 amide bonds. The minimum atomic E-state index is -0.426. The molecule has 1 aromatic rings. The molecule has 0 fully saturated rings. The van der Waals surface area contributed by atoms with Crippen molar-refractivity contribution in [3.05, 3.63) is 39.9 Å². The van der Waals surface area contributed by atoms with Gasteiger partial charge in [-0.25, -0.2) is 0 Å². The van der Waals surface area contributed by atoms with Crippen LogP contribution in [0.1, 0.15) is 45.1 Å². The summed E-state index contributed by atoms with van der Waals surface area (Å²) in [5.41, 5.74) is 0.516. The number of rotatable bonds is 9. The number of carbonyl (C=O) groups is 1. The molecule has 0 atom stereocenters. The SMILES string of the molecule is CCCCN(CCCC)C(=O)Cc1ccccc1[N+](=O)[O-]. The fourth-order valence-corrected chi connectivity index (χ4v) is 2.17. The third-order valence-corrected chi connectivity index (χ3v) is 3.45. The average Bonchev–Trinajstić information content (AvgIpc) is 2.47. The molecule has 0 heterocycles. The predicted octanol–water partition coefficient (Wildman–Crippen LogP) is 3.57. The van der Waals surface area contributed by atoms with Crippen molar-refractivity contribution in [2.75, 3.05) is 13.1 Å². The van der Waals surface area contributed by atoms with E-state index in [1.54, 1.807) is 18.2 Å². The highest BCUT2D eigenvalue weighted by Crippen LogP contribution is 2.19. The van der Waals surface area contributed by atoms with Gasteiger partial charge in [0.2, 0.25) is 5.91 Å². The molecular formula is C16H24N2O3. The quantitative estimate of drug-likeness (QED) is 0.516. The second kappa shape index (κ2) is 9.10. The summed E-state index contributed by atoms with van der Waals surface area (Å²) in [6.07, 6.45) is 4.09. The van der Waals surface area contributed by atoms with Crippen LogP contribution in [0.25, 0.3) is 0 Å². The summed E-state index contributed by atoms with van der Waals surface area (Å²) in [5, 5.41) is 11.0. The second-order valence-corrected chi connectivity index (χ2v) is 5.15. The Kier molecular flexibility index (Phi) is 7.43. The zero-order valence-corrected chi connectivity index (χ0v) is 12.9. The Morgan fingerprint density at radius 2 is 1.71 bits per heavy atom. The Bertz CT molecular complexity index is 466. The van der Waals surface area contributed by atoms with Crippen molar-refractivity contribution in [2.24, 2.45) is 0 Å². The number of nitro benzene ring substituents is 1. The summed E-state index contributed by atoms with van der Waals surface area (Å²) in [6.45, 7) is 5.64. The summed E-state index contributed by atoms with van der Waals surface area (Å²) < 4.78 is 0. The number of benzene rings is 1. The van der Waals surface area contributed by atoms with Crippen LogP contribution in [0.5, 0.6) is 0 Å². The lowest BCUT2D eigenvalue weighted by molar-refractivity contribution is -0.385. The lowest BCUT2D eigenvalue weighted by Crippen LogP contribution is -2.34. The van der Waals surface area contributed by atoms with Crippen LogP contribution in [0, 0.1) is 10.1 Å². The maximum Gasteiger partial charge on any atom is 0.273 e. The fourth-order valence-electron chi connectivity index (χ4n) is 2.17. The number of amides is 1. The minimum Gasteiger partial charge on any atom is -0.342 e. The molecule has 1 rings (SSSR count). The largest absolute Gasteiger partial charge is 0.342 e. The molecule has 1 aromatic carbocycles. The molecule has 0 radical (unpaired) electrons. The van der Waals surface area contributed by atoms with Crippen LogP contribution >= 0.6 is 0 Å². The first kappa shape index (κ1) is 17.1. The first-order chi connectivity index (χ1) is 10.1. The normalized spacial score (nSPS) is 10.4. The van der Waals surface area contributed by atoms with Gasteiger partial charge in [-0.3, -0.25) is 14.9 Å². The molecular weight excluding hydrogens is 268 g/mol. The third-order valence-electron chi connectivity index (χ3n) is 3.45. The molecule has 0 saturated carbocycles. The Morgan fingerprint density at radius 1 is 1.14 bits per heavy atom. The molecule has 21 heavy (non-hydrogen) atoms. The molecule has 0 aliphatic rings. The monoisotopic (exact) mass is 292 g/mol. The van der Waals surface area contributed by atoms with Crippen LogP contribution in [0.2, 0.25) is 0 Å². The lowest BCUT2D eigenvalue weighted by Gasteiger charge is -2.22. The Hall–Kier alpha value is -1.91. The van der Waals surface area contributed by atoms with E-state index < -0.39 is 4.92 Å². The molecule has 116 valence electrons. The van der Waals surface area contributed by atoms with E-state index in [2.05, 4.69) is 13.8 Å². The molecule has 0 N–H and O–H groups in total. The van der Waals surface area contributed by atoms with Crippen LogP contribution in [0.3, 0.4) is 0 Å². The van der Waals surface area contributed by atoms with Gasteiger partial charge in [-0.05, 0) is 12.8 Å². The highest BCUT2D eigenvalue weighted by molar-refractivity contribution is 5.79. The Balaban J connectivity index is 2.78. The standard InChI is InChI=1S/C16H24N2O3/c1-3-5-11-17(12-6-4-2)16(19)13-14-9-7-8-10-15(14)18(20)21/h7-10H,3-6,11-13H2,1-2H3. The molecule has 0 aliphatic heterocycles. The molecule has 0 bridgehead atoms. The second-order valence-electron chi connectivity index (χ2n) is 5.15. The van der Waals surface area contributed by atoms with Gasteiger partial charge in [0.25, 0.3) is 5.69 Å². The third kappa shape index (κ3) is 5.53. The number of carbonyl (C=O) groups excluding carboxylic acids is 1. The molecule has 0 aromatic heterocycles. The smallest absolute Gasteiger partial charge is 0.273 e. The van der Waals surface area contributed by atoms with E-state index in [9.17, 15) is 14.9 Å². The number of hydrogen-bond donors (Lipinski definition) is 0. The number of para-hydroxylation sites is 1. The summed E-state index contributed by atoms with van der Waals surface area (Å²) in [4.78, 5) is 24.8. The average molecular weight is 292 g/mol. The van der Waals surface area contributed by atoms with Crippen molar-refractivity contribution in [3.8, 4) is 0 Å². The van der Waals surface area contributed by atoms with Crippen LogP contribution in [-0.2, 0) is 11.2 Å². The molecule has 0 saturated heterocycles. The molecule has 5 heteroatoms. The van der Waals surface area contributed by atoms with E-state index in [-0.39, 0.29) is 18.0 Å². The van der Waals surface area contributed by atoms with E-state index in [4.69, 9.17) is 0 Å². The van der Waals surface area contributed by atoms with Gasteiger partial charge in [0.15, 0.2) is 0 Å². The summed E-state index contributed by atoms with van der Waals surface area (Å²) in [6, 6.07) is 6.47. The highest BCUT2D eigenvalue weighted by Gasteiger charge is 2.19. The highest BCUT2D eigenvalue weighted by atomic mass is 16.6. The van der Waals surface area contributed by atoms with Gasteiger partial charge in [-0.2, -0.15) is 0 Å². The van der Waals surface area contributed by atoms with E-state index in [1.165, 1.54) is 6.07 Å². The lowest BCUT2D eigenvalue weighted by atomic mass is 10.1. The first-order valence-corrected chi connectivity index (χ1v) is 7.60. The zero-order valence-electron chi connectivity index (χ0n) is 12.9. The van der Waals surface area contributed by atoms with Crippen LogP contribution in [0.4, 0.5) is 5.69 Å². The number of hydrogen-bond acceptors (Lipinski definition) is 3. The van der Waals surface area contributed by atoms with Gasteiger partial charge in [0.1, 0.15) is 0 Å². The van der Waals surface area contributed by atoms with Crippen LogP contribution < -0.4 is 0 Å². The number of nitrogens with zero attached hydrogens (tertiary/aromatic N) is 2. The van der Waals surface area contributed by atoms with Crippen molar-refractivity contribution >= 4 is 11.6 Å². The Labute approximate surface area is 126 Å². The topological polar surface area (TPSA) is 63.5 Å². The number of nitro groups is 1. The molecule has 0 unspecified atom stereocenters. The fraction of sp³-hybridized carbons (Fsp3) is 0.562. The first-order valence-electron chi connectivity index (χ1n) is 7.60. The van der Waals surface area contributed by atoms with Gasteiger partial charge < -0.3 is 4.90 Å². The van der Waals surface area contributed by atoms with Crippen LogP contribution in [0.15, 0.2) is 24.3 Å². The zero-order chi connectivity index (χ0) is 15.7. The summed E-state index contributed by atoms with van der Waals surface area (Å²) >= 11 is 0. The van der Waals surface area contributed by atoms with Gasteiger partial charge >= 0.3 is 0 Å². The summed E-state index contributed by atoms with van der Waals surface area (Å²) in [5.74, 6) is -0.0220. The van der Waals surface area contributed by atoms with Crippen molar-refractivity contribution in [2.45, 2.75) is 46.0 Å². The van der Waals surface area contributed by atoms with Gasteiger partial charge in [0.05, 0.1) is 11.3 Å². The van der Waals surface area contributed by atoms with Crippen molar-refractivity contribution in [1.29, 1.82) is 0 Å². The van der Waals surface area contributed by atoms with E-state index in [0.29, 0.717) is 5.56 Å². The van der Waals surface area contributed by atoms with Gasteiger partial charge in [-0.1, -0.05) is 44.9 Å². The van der Waals surface area contributed by atoms with Crippen LogP contribution in [-0.4, -0.2) is 28.8 Å². The maximum absolute atomic E-state index is 12.4. The summed E-state index contributed by atoms with van der Waals surface area (Å²) in [7, 11) is 0.